The second-order valence-electron chi connectivity index (χ2n) is 4.88. The molecular formula is C17H16ClNO2S. The fourth-order valence-electron chi connectivity index (χ4n) is 1.91. The maximum atomic E-state index is 12.3. The van der Waals surface area contributed by atoms with E-state index in [1.807, 2.05) is 25.1 Å². The van der Waals surface area contributed by atoms with Gasteiger partial charge in [0.25, 0.3) is 0 Å². The highest BCUT2D eigenvalue weighted by Crippen LogP contribution is 2.16. The van der Waals surface area contributed by atoms with Crippen molar-refractivity contribution >= 4 is 21.6 Å². The number of aryl methyl sites for hydroxylation is 2. The summed E-state index contributed by atoms with van der Waals surface area (Å²) in [6.45, 7) is 3.65. The Kier molecular flexibility index (Phi) is 5.25. The average Bonchev–Trinajstić information content (AvgIpc) is 2.48. The molecule has 0 atom stereocenters. The zero-order chi connectivity index (χ0) is 16.2. The number of rotatable bonds is 3. The summed E-state index contributed by atoms with van der Waals surface area (Å²) in [6.07, 6.45) is 0. The van der Waals surface area contributed by atoms with E-state index in [1.165, 1.54) is 0 Å². The van der Waals surface area contributed by atoms with Crippen LogP contribution in [0.4, 0.5) is 0 Å². The van der Waals surface area contributed by atoms with E-state index in [4.69, 9.17) is 11.6 Å². The molecule has 0 heterocycles. The molecule has 1 N–H and O–H groups in total. The van der Waals surface area contributed by atoms with Gasteiger partial charge in [0.05, 0.1) is 16.5 Å². The van der Waals surface area contributed by atoms with Gasteiger partial charge in [-0.05, 0) is 43.2 Å². The first-order valence-corrected chi connectivity index (χ1v) is 8.56. The Balaban J connectivity index is 2.12. The second kappa shape index (κ2) is 6.97. The van der Waals surface area contributed by atoms with Gasteiger partial charge < -0.3 is 0 Å². The van der Waals surface area contributed by atoms with Crippen LogP contribution >= 0.6 is 11.6 Å². The van der Waals surface area contributed by atoms with Gasteiger partial charge in [-0.2, -0.15) is 4.72 Å². The van der Waals surface area contributed by atoms with Crippen molar-refractivity contribution in [1.29, 1.82) is 0 Å². The second-order valence-corrected chi connectivity index (χ2v) is 7.02. The summed E-state index contributed by atoms with van der Waals surface area (Å²) in [4.78, 5) is 0.284. The molecule has 22 heavy (non-hydrogen) atoms. The number of hydrogen-bond acceptors (Lipinski definition) is 2. The lowest BCUT2D eigenvalue weighted by Crippen LogP contribution is -2.24. The molecule has 0 saturated heterocycles. The molecule has 0 bridgehead atoms. The van der Waals surface area contributed by atoms with Gasteiger partial charge in [0, 0.05) is 5.56 Å². The lowest BCUT2D eigenvalue weighted by molar-refractivity contribution is 0.585. The highest BCUT2D eigenvalue weighted by atomic mass is 35.5. The first kappa shape index (κ1) is 16.6. The zero-order valence-electron chi connectivity index (χ0n) is 12.4. The van der Waals surface area contributed by atoms with E-state index in [0.717, 1.165) is 5.56 Å². The van der Waals surface area contributed by atoms with Crippen molar-refractivity contribution in [2.45, 2.75) is 18.7 Å². The molecule has 0 radical (unpaired) electrons. The molecule has 0 aliphatic carbocycles. The molecule has 0 spiro atoms. The van der Waals surface area contributed by atoms with Gasteiger partial charge in [-0.25, -0.2) is 8.42 Å². The highest BCUT2D eigenvalue weighted by Gasteiger charge is 2.15. The Morgan fingerprint density at radius 1 is 1.14 bits per heavy atom. The van der Waals surface area contributed by atoms with Gasteiger partial charge >= 0.3 is 0 Å². The molecule has 0 aliphatic heterocycles. The standard InChI is InChI=1S/C17H16ClNO2S/c1-13-9-10-14(2)17(12-13)22(20,21)19-11-5-7-15-6-3-4-8-16(15)18/h3-4,6,8-10,12,19H,11H2,1-2H3. The van der Waals surface area contributed by atoms with Crippen LogP contribution in [0.1, 0.15) is 16.7 Å². The normalized spacial score (nSPS) is 10.9. The van der Waals surface area contributed by atoms with E-state index in [1.54, 1.807) is 31.2 Å². The van der Waals surface area contributed by atoms with Crippen LogP contribution in [0.3, 0.4) is 0 Å². The highest BCUT2D eigenvalue weighted by molar-refractivity contribution is 7.89. The lowest BCUT2D eigenvalue weighted by atomic mass is 10.2. The molecule has 2 aromatic carbocycles. The van der Waals surface area contributed by atoms with Crippen molar-refractivity contribution in [3.8, 4) is 11.8 Å². The van der Waals surface area contributed by atoms with E-state index in [2.05, 4.69) is 16.6 Å². The lowest BCUT2D eigenvalue weighted by Gasteiger charge is -2.08. The molecule has 114 valence electrons. The molecule has 0 unspecified atom stereocenters. The quantitative estimate of drug-likeness (QED) is 0.876. The van der Waals surface area contributed by atoms with Gasteiger partial charge in [0.1, 0.15) is 0 Å². The zero-order valence-corrected chi connectivity index (χ0v) is 13.9. The summed E-state index contributed by atoms with van der Waals surface area (Å²) in [5, 5.41) is 0.549. The maximum absolute atomic E-state index is 12.3. The van der Waals surface area contributed by atoms with Crippen LogP contribution in [0, 0.1) is 25.7 Å². The molecule has 0 amide bonds. The van der Waals surface area contributed by atoms with Gasteiger partial charge in [0.15, 0.2) is 0 Å². The molecule has 0 aromatic heterocycles. The summed E-state index contributed by atoms with van der Waals surface area (Å²) in [6, 6.07) is 12.5. The monoisotopic (exact) mass is 333 g/mol. The van der Waals surface area contributed by atoms with Crippen LogP contribution in [0.2, 0.25) is 5.02 Å². The molecular weight excluding hydrogens is 318 g/mol. The molecule has 0 saturated carbocycles. The first-order chi connectivity index (χ1) is 10.4. The van der Waals surface area contributed by atoms with E-state index in [-0.39, 0.29) is 11.4 Å². The Hall–Kier alpha value is -1.80. The number of benzene rings is 2. The van der Waals surface area contributed by atoms with Crippen molar-refractivity contribution in [1.82, 2.24) is 4.72 Å². The molecule has 2 aromatic rings. The van der Waals surface area contributed by atoms with Crippen LogP contribution in [0.5, 0.6) is 0 Å². The maximum Gasteiger partial charge on any atom is 0.241 e. The summed E-state index contributed by atoms with van der Waals surface area (Å²) < 4.78 is 27.0. The summed E-state index contributed by atoms with van der Waals surface area (Å²) in [7, 11) is -3.56. The summed E-state index contributed by atoms with van der Waals surface area (Å²) in [5.74, 6) is 5.63. The van der Waals surface area contributed by atoms with E-state index >= 15 is 0 Å². The smallest absolute Gasteiger partial charge is 0.207 e. The Morgan fingerprint density at radius 2 is 1.86 bits per heavy atom. The van der Waals surface area contributed by atoms with Crippen molar-refractivity contribution in [2.24, 2.45) is 0 Å². The summed E-state index contributed by atoms with van der Waals surface area (Å²) in [5.41, 5.74) is 2.28. The minimum Gasteiger partial charge on any atom is -0.207 e. The third-order valence-electron chi connectivity index (χ3n) is 3.08. The van der Waals surface area contributed by atoms with Crippen molar-refractivity contribution in [3.63, 3.8) is 0 Å². The molecule has 5 heteroatoms. The topological polar surface area (TPSA) is 46.2 Å². The van der Waals surface area contributed by atoms with E-state index in [9.17, 15) is 8.42 Å². The van der Waals surface area contributed by atoms with Crippen LogP contribution < -0.4 is 4.72 Å². The van der Waals surface area contributed by atoms with Crippen molar-refractivity contribution in [2.75, 3.05) is 6.54 Å². The Bertz CT molecular complexity index is 848. The predicted molar refractivity (Wildman–Crippen MR) is 89.4 cm³/mol. The molecule has 0 aliphatic rings. The van der Waals surface area contributed by atoms with Gasteiger partial charge in [-0.1, -0.05) is 47.7 Å². The number of sulfonamides is 1. The molecule has 3 nitrogen and oxygen atoms in total. The van der Waals surface area contributed by atoms with Crippen LogP contribution in [-0.4, -0.2) is 15.0 Å². The van der Waals surface area contributed by atoms with Crippen molar-refractivity contribution < 1.29 is 8.42 Å². The van der Waals surface area contributed by atoms with Crippen LogP contribution in [0.15, 0.2) is 47.4 Å². The largest absolute Gasteiger partial charge is 0.241 e. The van der Waals surface area contributed by atoms with Crippen LogP contribution in [0.25, 0.3) is 0 Å². The van der Waals surface area contributed by atoms with E-state index in [0.29, 0.717) is 16.1 Å². The van der Waals surface area contributed by atoms with E-state index < -0.39 is 10.0 Å². The van der Waals surface area contributed by atoms with Gasteiger partial charge in [-0.15, -0.1) is 0 Å². The van der Waals surface area contributed by atoms with Gasteiger partial charge in [0.2, 0.25) is 10.0 Å². The average molecular weight is 334 g/mol. The fourth-order valence-corrected chi connectivity index (χ4v) is 3.34. The summed E-state index contributed by atoms with van der Waals surface area (Å²) >= 11 is 5.99. The van der Waals surface area contributed by atoms with Crippen LogP contribution in [-0.2, 0) is 10.0 Å². The minimum atomic E-state index is -3.56. The Morgan fingerprint density at radius 3 is 2.59 bits per heavy atom. The number of nitrogens with one attached hydrogen (secondary N) is 1. The minimum absolute atomic E-state index is 0.0287. The Labute approximate surface area is 136 Å². The number of halogens is 1. The predicted octanol–water partition coefficient (Wildman–Crippen LogP) is 3.29. The molecule has 0 fully saturated rings. The number of hydrogen-bond donors (Lipinski definition) is 1. The fraction of sp³-hybridized carbons (Fsp3) is 0.176. The third kappa shape index (κ3) is 4.11. The first-order valence-electron chi connectivity index (χ1n) is 6.70. The van der Waals surface area contributed by atoms with Gasteiger partial charge in [-0.3, -0.25) is 0 Å². The molecule has 2 rings (SSSR count). The third-order valence-corrected chi connectivity index (χ3v) is 4.95. The van der Waals surface area contributed by atoms with Crippen molar-refractivity contribution in [3.05, 3.63) is 64.2 Å². The SMILES string of the molecule is Cc1ccc(C)c(S(=O)(=O)NCC#Cc2ccccc2Cl)c1.